The topological polar surface area (TPSA) is 49.3 Å². The molecule has 4 rings (SSSR count). The van der Waals surface area contributed by atoms with Gasteiger partial charge in [-0.05, 0) is 32.4 Å². The van der Waals surface area contributed by atoms with E-state index in [1.807, 2.05) is 19.1 Å². The van der Waals surface area contributed by atoms with Gasteiger partial charge in [0.2, 0.25) is 5.91 Å². The molecule has 0 saturated carbocycles. The zero-order valence-corrected chi connectivity index (χ0v) is 16.1. The van der Waals surface area contributed by atoms with Crippen LogP contribution in [0.15, 0.2) is 24.3 Å². The molecule has 1 aromatic heterocycles. The van der Waals surface area contributed by atoms with Gasteiger partial charge < -0.3 is 0 Å². The summed E-state index contributed by atoms with van der Waals surface area (Å²) in [5.41, 5.74) is 2.34. The fourth-order valence-electron chi connectivity index (χ4n) is 4.25. The van der Waals surface area contributed by atoms with E-state index in [2.05, 4.69) is 11.8 Å². The Hall–Kier alpha value is -2.34. The molecule has 2 aliphatic rings. The Balaban J connectivity index is 1.61. The third-order valence-electron chi connectivity index (χ3n) is 5.88. The van der Waals surface area contributed by atoms with Crippen LogP contribution in [0.5, 0.6) is 0 Å². The Morgan fingerprint density at radius 2 is 2.04 bits per heavy atom. The van der Waals surface area contributed by atoms with Crippen LogP contribution in [-0.4, -0.2) is 40.9 Å². The Morgan fingerprint density at radius 1 is 1.26 bits per heavy atom. The first-order valence-corrected chi connectivity index (χ1v) is 9.48. The molecule has 5 nitrogen and oxygen atoms in total. The van der Waals surface area contributed by atoms with Crippen molar-refractivity contribution in [2.45, 2.75) is 45.1 Å². The third kappa shape index (κ3) is 3.23. The predicted molar refractivity (Wildman–Crippen MR) is 102 cm³/mol. The van der Waals surface area contributed by atoms with Gasteiger partial charge in [0.15, 0.2) is 0 Å². The minimum Gasteiger partial charge on any atom is -0.299 e. The average molecular weight is 368 g/mol. The Labute approximate surface area is 159 Å². The second kappa shape index (κ2) is 6.68. The van der Waals surface area contributed by atoms with Gasteiger partial charge in [-0.1, -0.05) is 25.1 Å². The van der Waals surface area contributed by atoms with E-state index < -0.39 is 0 Å². The van der Waals surface area contributed by atoms with Crippen LogP contribution in [0.1, 0.15) is 42.4 Å². The highest BCUT2D eigenvalue weighted by Gasteiger charge is 2.38. The predicted octanol–water partition coefficient (Wildman–Crippen LogP) is 3.00. The maximum atomic E-state index is 14.1. The maximum absolute atomic E-state index is 14.1. The summed E-state index contributed by atoms with van der Waals surface area (Å²) >= 11 is 0. The van der Waals surface area contributed by atoms with E-state index in [1.54, 1.807) is 18.0 Å². The third-order valence-corrected chi connectivity index (χ3v) is 5.88. The van der Waals surface area contributed by atoms with Crippen molar-refractivity contribution in [1.82, 2.24) is 14.9 Å². The van der Waals surface area contributed by atoms with Crippen molar-refractivity contribution in [2.75, 3.05) is 25.0 Å². The highest BCUT2D eigenvalue weighted by molar-refractivity contribution is 5.99. The molecule has 142 valence electrons. The highest BCUT2D eigenvalue weighted by atomic mass is 19.1. The smallest absolute Gasteiger partial charge is 0.232 e. The molecule has 3 heterocycles. The SMILES string of the molecule is Cc1nc([C@]2(C)CCCN(Cc3ccccc3F)C2)nc2c1CC(=O)N2C. The van der Waals surface area contributed by atoms with Crippen LogP contribution in [0, 0.1) is 12.7 Å². The number of likely N-dealkylation sites (tertiary alicyclic amines) is 1. The highest BCUT2D eigenvalue weighted by Crippen LogP contribution is 2.36. The molecule has 0 spiro atoms. The molecule has 1 fully saturated rings. The molecular weight excluding hydrogens is 343 g/mol. The number of amides is 1. The van der Waals surface area contributed by atoms with E-state index in [-0.39, 0.29) is 17.1 Å². The van der Waals surface area contributed by atoms with E-state index >= 15 is 0 Å². The molecule has 1 aromatic carbocycles. The van der Waals surface area contributed by atoms with Crippen molar-refractivity contribution in [3.05, 3.63) is 52.7 Å². The van der Waals surface area contributed by atoms with Crippen molar-refractivity contribution < 1.29 is 9.18 Å². The number of halogens is 1. The number of carbonyl (C=O) groups is 1. The van der Waals surface area contributed by atoms with Crippen LogP contribution in [-0.2, 0) is 23.2 Å². The Kier molecular flexibility index (Phi) is 4.46. The minimum atomic E-state index is -0.213. The molecule has 27 heavy (non-hydrogen) atoms. The van der Waals surface area contributed by atoms with Crippen LogP contribution in [0.25, 0.3) is 0 Å². The van der Waals surface area contributed by atoms with Gasteiger partial charge in [-0.2, -0.15) is 0 Å². The van der Waals surface area contributed by atoms with Gasteiger partial charge in [0.05, 0.1) is 6.42 Å². The van der Waals surface area contributed by atoms with Crippen molar-refractivity contribution in [3.63, 3.8) is 0 Å². The summed E-state index contributed by atoms with van der Waals surface area (Å²) in [6.07, 6.45) is 2.38. The van der Waals surface area contributed by atoms with Crippen molar-refractivity contribution in [2.24, 2.45) is 0 Å². The van der Waals surface area contributed by atoms with Gasteiger partial charge >= 0.3 is 0 Å². The van der Waals surface area contributed by atoms with E-state index in [4.69, 9.17) is 9.97 Å². The molecule has 0 radical (unpaired) electrons. The number of hydrogen-bond acceptors (Lipinski definition) is 4. The molecule has 0 N–H and O–H groups in total. The molecule has 1 atom stereocenters. The van der Waals surface area contributed by atoms with Crippen LogP contribution in [0.3, 0.4) is 0 Å². The van der Waals surface area contributed by atoms with Crippen LogP contribution < -0.4 is 4.90 Å². The molecular formula is C21H25FN4O. The van der Waals surface area contributed by atoms with Crippen LogP contribution >= 0.6 is 0 Å². The van der Waals surface area contributed by atoms with Crippen molar-refractivity contribution >= 4 is 11.7 Å². The number of aromatic nitrogens is 2. The van der Waals surface area contributed by atoms with Gasteiger partial charge in [-0.15, -0.1) is 0 Å². The van der Waals surface area contributed by atoms with E-state index in [0.717, 1.165) is 54.4 Å². The molecule has 0 unspecified atom stereocenters. The standard InChI is InChI=1S/C21H25FN4O/c1-14-16-11-18(27)25(3)19(16)24-20(23-14)21(2)9-6-10-26(13-21)12-15-7-4-5-8-17(15)22/h4-5,7-8H,6,9-13H2,1-3H3/t21-/m1/s1. The summed E-state index contributed by atoms with van der Waals surface area (Å²) in [7, 11) is 1.78. The van der Waals surface area contributed by atoms with Crippen molar-refractivity contribution in [3.8, 4) is 0 Å². The minimum absolute atomic E-state index is 0.0644. The first-order valence-electron chi connectivity index (χ1n) is 9.48. The molecule has 0 aliphatic carbocycles. The molecule has 0 bridgehead atoms. The average Bonchev–Trinajstić information content (AvgIpc) is 2.93. The van der Waals surface area contributed by atoms with Gasteiger partial charge in [0.25, 0.3) is 0 Å². The quantitative estimate of drug-likeness (QED) is 0.836. The van der Waals surface area contributed by atoms with Crippen LogP contribution in [0.2, 0.25) is 0 Å². The van der Waals surface area contributed by atoms with E-state index in [0.29, 0.717) is 13.0 Å². The lowest BCUT2D eigenvalue weighted by molar-refractivity contribution is -0.117. The first kappa shape index (κ1) is 18.0. The second-order valence-electron chi connectivity index (χ2n) is 8.03. The molecule has 2 aromatic rings. The van der Waals surface area contributed by atoms with Gasteiger partial charge in [0.1, 0.15) is 17.5 Å². The zero-order chi connectivity index (χ0) is 19.2. The Morgan fingerprint density at radius 3 is 2.81 bits per heavy atom. The summed E-state index contributed by atoms with van der Waals surface area (Å²) in [4.78, 5) is 25.5. The number of likely N-dealkylation sites (N-methyl/N-ethyl adjacent to an activating group) is 1. The number of carbonyl (C=O) groups excluding carboxylic acids is 1. The van der Waals surface area contributed by atoms with Gasteiger partial charge in [0, 0.05) is 42.4 Å². The number of piperidine rings is 1. The lowest BCUT2D eigenvalue weighted by Crippen LogP contribution is -2.45. The summed E-state index contributed by atoms with van der Waals surface area (Å²) in [5.74, 6) is 1.44. The number of nitrogens with zero attached hydrogens (tertiary/aromatic N) is 4. The number of anilines is 1. The zero-order valence-electron chi connectivity index (χ0n) is 16.1. The molecule has 2 aliphatic heterocycles. The second-order valence-corrected chi connectivity index (χ2v) is 8.03. The fourth-order valence-corrected chi connectivity index (χ4v) is 4.25. The normalized spacial score (nSPS) is 23.0. The monoisotopic (exact) mass is 368 g/mol. The first-order chi connectivity index (χ1) is 12.9. The van der Waals surface area contributed by atoms with Crippen LogP contribution in [0.4, 0.5) is 10.2 Å². The lowest BCUT2D eigenvalue weighted by atomic mass is 9.80. The van der Waals surface area contributed by atoms with Crippen molar-refractivity contribution in [1.29, 1.82) is 0 Å². The number of hydrogen-bond donors (Lipinski definition) is 0. The number of aryl methyl sites for hydroxylation is 1. The number of benzene rings is 1. The summed E-state index contributed by atoms with van der Waals surface area (Å²) in [5, 5.41) is 0. The molecule has 1 saturated heterocycles. The summed E-state index contributed by atoms with van der Waals surface area (Å²) in [6.45, 7) is 6.44. The van der Waals surface area contributed by atoms with E-state index in [9.17, 15) is 9.18 Å². The molecule has 6 heteroatoms. The number of fused-ring (bicyclic) bond motifs is 1. The fraction of sp³-hybridized carbons (Fsp3) is 0.476. The largest absolute Gasteiger partial charge is 0.299 e. The number of rotatable bonds is 3. The summed E-state index contributed by atoms with van der Waals surface area (Å²) in [6, 6.07) is 6.95. The molecule has 1 amide bonds. The Bertz CT molecular complexity index is 900. The summed E-state index contributed by atoms with van der Waals surface area (Å²) < 4.78 is 14.1. The maximum Gasteiger partial charge on any atom is 0.232 e. The van der Waals surface area contributed by atoms with Gasteiger partial charge in [-0.25, -0.2) is 14.4 Å². The van der Waals surface area contributed by atoms with E-state index in [1.165, 1.54) is 6.07 Å². The van der Waals surface area contributed by atoms with Gasteiger partial charge in [-0.3, -0.25) is 14.6 Å². The lowest BCUT2D eigenvalue weighted by Gasteiger charge is -2.39.